The lowest BCUT2D eigenvalue weighted by molar-refractivity contribution is 0.0912. The van der Waals surface area contributed by atoms with Gasteiger partial charge in [0, 0.05) is 5.75 Å². The fraction of sp³-hybridized carbons (Fsp3) is 1.00. The van der Waals surface area contributed by atoms with Crippen LogP contribution in [-0.2, 0) is 14.6 Å². The highest BCUT2D eigenvalue weighted by Gasteiger charge is 2.06. The standard InChI is InChI=1S/C7H16O3S/c1-4-11(8,9)6-5-10-7(2)3/h7H,4-6H2,1-3H3. The van der Waals surface area contributed by atoms with Crippen LogP contribution in [0.1, 0.15) is 20.8 Å². The van der Waals surface area contributed by atoms with Crippen LogP contribution in [0, 0.1) is 0 Å². The summed E-state index contributed by atoms with van der Waals surface area (Å²) in [5.41, 5.74) is 0. The first-order valence-corrected chi connectivity index (χ1v) is 5.62. The van der Waals surface area contributed by atoms with Crippen molar-refractivity contribution < 1.29 is 13.2 Å². The minimum absolute atomic E-state index is 0.113. The van der Waals surface area contributed by atoms with E-state index in [1.807, 2.05) is 13.8 Å². The minimum Gasteiger partial charge on any atom is -0.378 e. The molecular weight excluding hydrogens is 164 g/mol. The predicted octanol–water partition coefficient (Wildman–Crippen LogP) is 0.846. The van der Waals surface area contributed by atoms with E-state index >= 15 is 0 Å². The number of hydrogen-bond acceptors (Lipinski definition) is 3. The van der Waals surface area contributed by atoms with Crippen molar-refractivity contribution in [1.82, 2.24) is 0 Å². The van der Waals surface area contributed by atoms with Gasteiger partial charge < -0.3 is 4.74 Å². The molecule has 0 bridgehead atoms. The Balaban J connectivity index is 3.55. The van der Waals surface area contributed by atoms with Gasteiger partial charge in [-0.05, 0) is 13.8 Å². The second-order valence-corrected chi connectivity index (χ2v) is 5.13. The molecule has 0 spiro atoms. The number of hydrogen-bond donors (Lipinski definition) is 0. The molecule has 0 rings (SSSR count). The van der Waals surface area contributed by atoms with E-state index in [1.165, 1.54) is 0 Å². The Labute approximate surface area is 68.7 Å². The lowest BCUT2D eigenvalue weighted by Gasteiger charge is -2.06. The van der Waals surface area contributed by atoms with Crippen molar-refractivity contribution in [3.63, 3.8) is 0 Å². The number of ether oxygens (including phenoxy) is 1. The van der Waals surface area contributed by atoms with E-state index in [4.69, 9.17) is 4.74 Å². The van der Waals surface area contributed by atoms with Crippen LogP contribution in [0.2, 0.25) is 0 Å². The van der Waals surface area contributed by atoms with Crippen molar-refractivity contribution in [3.8, 4) is 0 Å². The van der Waals surface area contributed by atoms with Crippen LogP contribution in [0.25, 0.3) is 0 Å². The van der Waals surface area contributed by atoms with E-state index in [1.54, 1.807) is 6.92 Å². The normalized spacial score (nSPS) is 12.4. The van der Waals surface area contributed by atoms with E-state index in [0.717, 1.165) is 0 Å². The summed E-state index contributed by atoms with van der Waals surface area (Å²) in [7, 11) is -2.84. The summed E-state index contributed by atoms with van der Waals surface area (Å²) in [6, 6.07) is 0. The quantitative estimate of drug-likeness (QED) is 0.630. The molecule has 0 heterocycles. The van der Waals surface area contributed by atoms with Crippen molar-refractivity contribution in [3.05, 3.63) is 0 Å². The third-order valence-electron chi connectivity index (χ3n) is 1.29. The molecule has 0 aliphatic carbocycles. The van der Waals surface area contributed by atoms with Gasteiger partial charge in [-0.25, -0.2) is 8.42 Å². The zero-order chi connectivity index (χ0) is 8.91. The summed E-state index contributed by atoms with van der Waals surface area (Å²) < 4.78 is 26.9. The average molecular weight is 180 g/mol. The Morgan fingerprint density at radius 2 is 1.91 bits per heavy atom. The van der Waals surface area contributed by atoms with Gasteiger partial charge in [0.05, 0.1) is 18.5 Å². The molecule has 0 saturated carbocycles. The summed E-state index contributed by atoms with van der Waals surface area (Å²) in [5, 5.41) is 0. The van der Waals surface area contributed by atoms with Crippen LogP contribution in [0.4, 0.5) is 0 Å². The lowest BCUT2D eigenvalue weighted by Crippen LogP contribution is -2.16. The third-order valence-corrected chi connectivity index (χ3v) is 2.95. The molecule has 0 aromatic rings. The highest BCUT2D eigenvalue weighted by atomic mass is 32.2. The molecule has 0 aromatic carbocycles. The summed E-state index contributed by atoms with van der Waals surface area (Å²) >= 11 is 0. The van der Waals surface area contributed by atoms with Crippen molar-refractivity contribution in [2.45, 2.75) is 26.9 Å². The molecule has 3 nitrogen and oxygen atoms in total. The van der Waals surface area contributed by atoms with Crippen molar-refractivity contribution in [2.75, 3.05) is 18.1 Å². The van der Waals surface area contributed by atoms with Gasteiger partial charge in [-0.15, -0.1) is 0 Å². The van der Waals surface area contributed by atoms with Gasteiger partial charge in [-0.2, -0.15) is 0 Å². The van der Waals surface area contributed by atoms with E-state index in [9.17, 15) is 8.42 Å². The maximum absolute atomic E-state index is 10.9. The smallest absolute Gasteiger partial charge is 0.152 e. The first kappa shape index (κ1) is 10.9. The fourth-order valence-electron chi connectivity index (χ4n) is 0.555. The zero-order valence-electron chi connectivity index (χ0n) is 7.33. The fourth-order valence-corrected chi connectivity index (χ4v) is 1.19. The molecule has 0 aromatic heterocycles. The van der Waals surface area contributed by atoms with Gasteiger partial charge in [-0.3, -0.25) is 0 Å². The molecule has 0 atom stereocenters. The summed E-state index contributed by atoms with van der Waals surface area (Å²) in [6.45, 7) is 5.73. The molecule has 0 unspecified atom stereocenters. The maximum Gasteiger partial charge on any atom is 0.152 e. The minimum atomic E-state index is -2.84. The summed E-state index contributed by atoms with van der Waals surface area (Å²) in [6.07, 6.45) is 0.113. The molecule has 0 aliphatic heterocycles. The number of rotatable bonds is 5. The van der Waals surface area contributed by atoms with Crippen molar-refractivity contribution in [1.29, 1.82) is 0 Å². The van der Waals surface area contributed by atoms with Crippen LogP contribution >= 0.6 is 0 Å². The molecule has 4 heteroatoms. The van der Waals surface area contributed by atoms with E-state index in [0.29, 0.717) is 6.61 Å². The van der Waals surface area contributed by atoms with Crippen LogP contribution in [0.15, 0.2) is 0 Å². The van der Waals surface area contributed by atoms with Crippen LogP contribution in [-0.4, -0.2) is 32.6 Å². The average Bonchev–Trinajstić information content (AvgIpc) is 1.87. The SMILES string of the molecule is CCS(=O)(=O)CCOC(C)C. The van der Waals surface area contributed by atoms with Crippen molar-refractivity contribution in [2.24, 2.45) is 0 Å². The monoisotopic (exact) mass is 180 g/mol. The molecule has 0 fully saturated rings. The van der Waals surface area contributed by atoms with Gasteiger partial charge in [0.2, 0.25) is 0 Å². The molecule has 0 aliphatic rings. The van der Waals surface area contributed by atoms with E-state index in [2.05, 4.69) is 0 Å². The van der Waals surface area contributed by atoms with E-state index < -0.39 is 9.84 Å². The van der Waals surface area contributed by atoms with Gasteiger partial charge in [-0.1, -0.05) is 6.92 Å². The van der Waals surface area contributed by atoms with Crippen LogP contribution in [0.5, 0.6) is 0 Å². The molecule has 0 saturated heterocycles. The third kappa shape index (κ3) is 6.31. The van der Waals surface area contributed by atoms with Gasteiger partial charge >= 0.3 is 0 Å². The summed E-state index contributed by atoms with van der Waals surface area (Å²) in [4.78, 5) is 0. The Morgan fingerprint density at radius 3 is 2.27 bits per heavy atom. The maximum atomic E-state index is 10.9. The highest BCUT2D eigenvalue weighted by molar-refractivity contribution is 7.91. The molecule has 0 radical (unpaired) electrons. The molecule has 11 heavy (non-hydrogen) atoms. The Bertz CT molecular complexity index is 182. The van der Waals surface area contributed by atoms with Crippen LogP contribution < -0.4 is 0 Å². The topological polar surface area (TPSA) is 43.4 Å². The predicted molar refractivity (Wildman–Crippen MR) is 45.4 cm³/mol. The Hall–Kier alpha value is -0.0900. The second-order valence-electron chi connectivity index (χ2n) is 2.66. The molecule has 0 N–H and O–H groups in total. The first-order valence-electron chi connectivity index (χ1n) is 3.80. The van der Waals surface area contributed by atoms with E-state index in [-0.39, 0.29) is 17.6 Å². The molecular formula is C7H16O3S. The van der Waals surface area contributed by atoms with Gasteiger partial charge in [0.15, 0.2) is 9.84 Å². The first-order chi connectivity index (χ1) is 4.98. The van der Waals surface area contributed by atoms with Gasteiger partial charge in [0.1, 0.15) is 0 Å². The van der Waals surface area contributed by atoms with Crippen LogP contribution in [0.3, 0.4) is 0 Å². The van der Waals surface area contributed by atoms with Crippen molar-refractivity contribution >= 4 is 9.84 Å². The molecule has 0 amide bonds. The molecule has 68 valence electrons. The largest absolute Gasteiger partial charge is 0.378 e. The lowest BCUT2D eigenvalue weighted by atomic mass is 10.5. The second kappa shape index (κ2) is 4.72. The zero-order valence-corrected chi connectivity index (χ0v) is 8.15. The summed E-state index contributed by atoms with van der Waals surface area (Å²) in [5.74, 6) is 0.343. The highest BCUT2D eigenvalue weighted by Crippen LogP contribution is 1.92. The van der Waals surface area contributed by atoms with Gasteiger partial charge in [0.25, 0.3) is 0 Å². The Kier molecular flexibility index (Phi) is 4.68. The Morgan fingerprint density at radius 1 is 1.36 bits per heavy atom. The number of sulfone groups is 1.